The molecular weight excluding hydrogens is 553 g/mol. The quantitative estimate of drug-likeness (QED) is 0.134. The summed E-state index contributed by atoms with van der Waals surface area (Å²) in [5.41, 5.74) is -1.68. The maximum absolute atomic E-state index is 12.9. The summed E-state index contributed by atoms with van der Waals surface area (Å²) in [7, 11) is 1.28. The van der Waals surface area contributed by atoms with E-state index in [0.717, 1.165) is 18.2 Å². The van der Waals surface area contributed by atoms with Crippen LogP contribution in [0.25, 0.3) is 0 Å². The Kier molecular flexibility index (Phi) is 11.5. The van der Waals surface area contributed by atoms with Gasteiger partial charge in [0.2, 0.25) is 6.61 Å². The van der Waals surface area contributed by atoms with Gasteiger partial charge in [0.15, 0.2) is 6.10 Å². The summed E-state index contributed by atoms with van der Waals surface area (Å²) in [6, 6.07) is 5.91. The molecule has 0 fully saturated rings. The molecule has 0 aliphatic carbocycles. The van der Waals surface area contributed by atoms with Crippen molar-refractivity contribution in [2.45, 2.75) is 32.5 Å². The molecule has 39 heavy (non-hydrogen) atoms. The Labute approximate surface area is 225 Å². The van der Waals surface area contributed by atoms with Crippen LogP contribution in [-0.2, 0) is 34.8 Å². The average molecular weight is 577 g/mol. The molecule has 0 saturated carbocycles. The Morgan fingerprint density at radius 1 is 1.15 bits per heavy atom. The minimum absolute atomic E-state index is 0.0279. The normalized spacial score (nSPS) is 12.4. The Morgan fingerprint density at radius 3 is 2.46 bits per heavy atom. The summed E-state index contributed by atoms with van der Waals surface area (Å²) in [4.78, 5) is 39.6. The molecule has 1 atom stereocenters. The zero-order chi connectivity index (χ0) is 29.2. The maximum Gasteiger partial charge on any atom is 0.416 e. The van der Waals surface area contributed by atoms with Gasteiger partial charge in [-0.1, -0.05) is 23.7 Å². The molecule has 1 unspecified atom stereocenters. The van der Waals surface area contributed by atoms with Crippen molar-refractivity contribution in [3.63, 3.8) is 0 Å². The smallest absolute Gasteiger partial charge is 0.416 e. The van der Waals surface area contributed by atoms with Gasteiger partial charge in [-0.15, -0.1) is 0 Å². The van der Waals surface area contributed by atoms with Crippen molar-refractivity contribution in [2.24, 2.45) is 5.16 Å². The Bertz CT molecular complexity index is 1220. The topological polar surface area (TPSA) is 136 Å². The van der Waals surface area contributed by atoms with E-state index in [9.17, 15) is 32.9 Å². The molecule has 11 nitrogen and oxygen atoms in total. The number of benzene rings is 2. The number of alkyl halides is 3. The second-order valence-corrected chi connectivity index (χ2v) is 8.13. The van der Waals surface area contributed by atoms with E-state index in [4.69, 9.17) is 35.4 Å². The van der Waals surface area contributed by atoms with Crippen molar-refractivity contribution in [1.82, 2.24) is 0 Å². The van der Waals surface area contributed by atoms with Crippen LogP contribution in [0.2, 0.25) is 5.02 Å². The number of nitro groups is 1. The van der Waals surface area contributed by atoms with Crippen molar-refractivity contribution < 1.29 is 51.5 Å². The van der Waals surface area contributed by atoms with Crippen LogP contribution in [-0.4, -0.2) is 55.6 Å². The molecule has 0 aliphatic heterocycles. The highest BCUT2D eigenvalue weighted by Crippen LogP contribution is 2.37. The van der Waals surface area contributed by atoms with Crippen molar-refractivity contribution in [1.29, 1.82) is 0 Å². The molecule has 2 aromatic rings. The molecule has 2 aromatic carbocycles. The van der Waals surface area contributed by atoms with Crippen LogP contribution >= 0.6 is 11.6 Å². The van der Waals surface area contributed by atoms with Crippen LogP contribution < -0.4 is 4.74 Å². The van der Waals surface area contributed by atoms with Gasteiger partial charge in [-0.25, -0.2) is 9.59 Å². The Morgan fingerprint density at radius 2 is 1.87 bits per heavy atom. The molecule has 0 N–H and O–H groups in total. The van der Waals surface area contributed by atoms with Gasteiger partial charge in [-0.2, -0.15) is 13.2 Å². The third-order valence-electron chi connectivity index (χ3n) is 4.69. The summed E-state index contributed by atoms with van der Waals surface area (Å²) in [5.74, 6) is -1.87. The van der Waals surface area contributed by atoms with E-state index >= 15 is 0 Å². The monoisotopic (exact) mass is 576 g/mol. The highest BCUT2D eigenvalue weighted by molar-refractivity contribution is 6.32. The first-order valence-electron chi connectivity index (χ1n) is 11.2. The highest BCUT2D eigenvalue weighted by atomic mass is 35.5. The summed E-state index contributed by atoms with van der Waals surface area (Å²) in [6.45, 7) is 2.22. The maximum atomic E-state index is 12.9. The first-order valence-corrected chi connectivity index (χ1v) is 11.6. The van der Waals surface area contributed by atoms with Gasteiger partial charge >= 0.3 is 18.1 Å². The van der Waals surface area contributed by atoms with Crippen LogP contribution in [0.5, 0.6) is 11.5 Å². The number of hydrogen-bond acceptors (Lipinski definition) is 10. The zero-order valence-corrected chi connectivity index (χ0v) is 21.7. The molecular formula is C24H24ClF3N2O9. The number of oxime groups is 1. The van der Waals surface area contributed by atoms with Gasteiger partial charge in [0.05, 0.1) is 34.3 Å². The number of carbonyl (C=O) groups is 2. The zero-order valence-electron chi connectivity index (χ0n) is 21.0. The minimum Gasteiger partial charge on any atom is -0.463 e. The number of rotatable bonds is 13. The molecule has 0 radical (unpaired) electrons. The fourth-order valence-corrected chi connectivity index (χ4v) is 3.13. The van der Waals surface area contributed by atoms with Gasteiger partial charge < -0.3 is 23.8 Å². The average Bonchev–Trinajstić information content (AvgIpc) is 2.87. The number of carbonyl (C=O) groups excluding carboxylic acids is 2. The lowest BCUT2D eigenvalue weighted by molar-refractivity contribution is -0.385. The van der Waals surface area contributed by atoms with E-state index < -0.39 is 47.0 Å². The second kappa shape index (κ2) is 14.3. The van der Waals surface area contributed by atoms with E-state index in [1.54, 1.807) is 6.92 Å². The number of nitrogens with zero attached hydrogens (tertiary/aromatic N) is 2. The Hall–Kier alpha value is -3.91. The number of hydrogen-bond donors (Lipinski definition) is 0. The highest BCUT2D eigenvalue weighted by Gasteiger charge is 2.31. The van der Waals surface area contributed by atoms with E-state index in [1.165, 1.54) is 26.2 Å². The molecule has 0 spiro atoms. The summed E-state index contributed by atoms with van der Waals surface area (Å²) in [5, 5.41) is 15.0. The predicted octanol–water partition coefficient (Wildman–Crippen LogP) is 5.31. The van der Waals surface area contributed by atoms with E-state index in [0.29, 0.717) is 12.5 Å². The number of ether oxygens (including phenoxy) is 4. The second-order valence-electron chi connectivity index (χ2n) is 7.73. The van der Waals surface area contributed by atoms with E-state index in [1.807, 2.05) is 0 Å². The predicted molar refractivity (Wildman–Crippen MR) is 131 cm³/mol. The fraction of sp³-hybridized carbons (Fsp3) is 0.375. The van der Waals surface area contributed by atoms with Crippen molar-refractivity contribution in [3.8, 4) is 11.5 Å². The molecule has 0 amide bonds. The van der Waals surface area contributed by atoms with Crippen LogP contribution in [0.15, 0.2) is 41.6 Å². The lowest BCUT2D eigenvalue weighted by Crippen LogP contribution is -2.28. The summed E-state index contributed by atoms with van der Waals surface area (Å²) < 4.78 is 59.0. The number of nitro benzene ring substituents is 1. The van der Waals surface area contributed by atoms with Gasteiger partial charge in [0.25, 0.3) is 5.69 Å². The first kappa shape index (κ1) is 31.3. The Balaban J connectivity index is 2.24. The third kappa shape index (κ3) is 9.41. The third-order valence-corrected chi connectivity index (χ3v) is 4.98. The van der Waals surface area contributed by atoms with Crippen molar-refractivity contribution in [2.75, 3.05) is 26.9 Å². The molecule has 0 bridgehead atoms. The number of methoxy groups -OCH3 is 1. The summed E-state index contributed by atoms with van der Waals surface area (Å²) >= 11 is 5.93. The molecule has 0 saturated heterocycles. The van der Waals surface area contributed by atoms with Gasteiger partial charge in [0, 0.05) is 13.2 Å². The molecule has 2 rings (SSSR count). The SMILES string of the molecule is CCCOC(=O)C(C)OC(=O)CON=C(COC)c1cc(Oc2ccc(C(F)(F)F)cc2Cl)ccc1[N+](=O)[O-]. The van der Waals surface area contributed by atoms with Crippen LogP contribution in [0, 0.1) is 10.1 Å². The summed E-state index contributed by atoms with van der Waals surface area (Å²) in [6.07, 6.45) is -5.22. The van der Waals surface area contributed by atoms with E-state index in [2.05, 4.69) is 5.16 Å². The van der Waals surface area contributed by atoms with Crippen LogP contribution in [0.3, 0.4) is 0 Å². The largest absolute Gasteiger partial charge is 0.463 e. The van der Waals surface area contributed by atoms with Crippen LogP contribution in [0.1, 0.15) is 31.4 Å². The molecule has 15 heteroatoms. The lowest BCUT2D eigenvalue weighted by Gasteiger charge is -2.13. The molecule has 0 aliphatic rings. The van der Waals surface area contributed by atoms with Gasteiger partial charge in [-0.3, -0.25) is 10.1 Å². The standard InChI is InChI=1S/C24H24ClF3N2O9/c1-4-9-36-23(32)14(2)38-22(31)13-37-29-19(12-35-3)17-11-16(6-7-20(17)30(33)34)39-21-8-5-15(10-18(21)25)24(26,27)28/h5-8,10-11,14H,4,9,12-13H2,1-3H3. The fourth-order valence-electron chi connectivity index (χ4n) is 2.91. The molecule has 212 valence electrons. The first-order chi connectivity index (χ1) is 18.4. The number of esters is 2. The molecule has 0 heterocycles. The van der Waals surface area contributed by atoms with E-state index in [-0.39, 0.29) is 41.0 Å². The van der Waals surface area contributed by atoms with Crippen LogP contribution in [0.4, 0.5) is 18.9 Å². The minimum atomic E-state index is -4.61. The molecule has 0 aromatic heterocycles. The lowest BCUT2D eigenvalue weighted by atomic mass is 10.1. The van der Waals surface area contributed by atoms with Gasteiger partial charge in [-0.05, 0) is 43.7 Å². The van der Waals surface area contributed by atoms with Gasteiger partial charge in [0.1, 0.15) is 17.2 Å². The number of halogens is 4. The van der Waals surface area contributed by atoms with Crippen molar-refractivity contribution >= 4 is 34.9 Å². The van der Waals surface area contributed by atoms with Crippen molar-refractivity contribution in [3.05, 3.63) is 62.7 Å².